The highest BCUT2D eigenvalue weighted by Crippen LogP contribution is 2.16. The molecule has 0 aromatic heterocycles. The van der Waals surface area contributed by atoms with Crippen molar-refractivity contribution in [2.75, 3.05) is 39.9 Å². The molecule has 0 aromatic carbocycles. The molecule has 2 unspecified atom stereocenters. The molecule has 1 saturated heterocycles. The van der Waals surface area contributed by atoms with Gasteiger partial charge in [-0.3, -0.25) is 0 Å². The first-order chi connectivity index (χ1) is 7.30. The highest BCUT2D eigenvalue weighted by atomic mass is 16.5. The molecule has 1 fully saturated rings. The minimum absolute atomic E-state index is 0.663. The molecule has 0 spiro atoms. The second-order valence-electron chi connectivity index (χ2n) is 4.53. The van der Waals surface area contributed by atoms with E-state index >= 15 is 0 Å². The number of rotatable bonds is 7. The number of hydrogen-bond donors (Lipinski definition) is 1. The molecule has 1 N–H and O–H groups in total. The Morgan fingerprint density at radius 3 is 2.87 bits per heavy atom. The Morgan fingerprint density at radius 2 is 2.27 bits per heavy atom. The summed E-state index contributed by atoms with van der Waals surface area (Å²) in [5.41, 5.74) is 0. The van der Waals surface area contributed by atoms with Gasteiger partial charge in [-0.1, -0.05) is 13.8 Å². The van der Waals surface area contributed by atoms with Crippen molar-refractivity contribution in [3.8, 4) is 0 Å². The summed E-state index contributed by atoms with van der Waals surface area (Å²) in [7, 11) is 1.80. The van der Waals surface area contributed by atoms with Gasteiger partial charge in [-0.15, -0.1) is 0 Å². The SMILES string of the molecule is CCNC(CC)CN1CCC(COC)C1. The molecule has 15 heavy (non-hydrogen) atoms. The summed E-state index contributed by atoms with van der Waals surface area (Å²) in [5.74, 6) is 0.758. The third-order valence-electron chi connectivity index (χ3n) is 3.24. The maximum atomic E-state index is 5.21. The van der Waals surface area contributed by atoms with Crippen molar-refractivity contribution in [3.05, 3.63) is 0 Å². The molecule has 0 bridgehead atoms. The fourth-order valence-electron chi connectivity index (χ4n) is 2.39. The number of methoxy groups -OCH3 is 1. The lowest BCUT2D eigenvalue weighted by atomic mass is 10.1. The van der Waals surface area contributed by atoms with Crippen molar-refractivity contribution in [2.45, 2.75) is 32.7 Å². The van der Waals surface area contributed by atoms with Crippen LogP contribution >= 0.6 is 0 Å². The zero-order chi connectivity index (χ0) is 11.1. The standard InChI is InChI=1S/C12H26N2O/c1-4-12(13-5-2)9-14-7-6-11(8-14)10-15-3/h11-13H,4-10H2,1-3H3. The zero-order valence-electron chi connectivity index (χ0n) is 10.5. The molecule has 3 heteroatoms. The van der Waals surface area contributed by atoms with Crippen LogP contribution in [0.2, 0.25) is 0 Å². The summed E-state index contributed by atoms with van der Waals surface area (Å²) in [4.78, 5) is 2.57. The quantitative estimate of drug-likeness (QED) is 0.692. The second-order valence-corrected chi connectivity index (χ2v) is 4.53. The number of likely N-dealkylation sites (N-methyl/N-ethyl adjacent to an activating group) is 1. The molecule has 0 saturated carbocycles. The van der Waals surface area contributed by atoms with Crippen LogP contribution in [0.5, 0.6) is 0 Å². The molecule has 0 aromatic rings. The Labute approximate surface area is 94.2 Å². The van der Waals surface area contributed by atoms with Gasteiger partial charge in [0.2, 0.25) is 0 Å². The van der Waals surface area contributed by atoms with Crippen LogP contribution in [-0.4, -0.2) is 50.8 Å². The lowest BCUT2D eigenvalue weighted by Gasteiger charge is -2.23. The number of hydrogen-bond acceptors (Lipinski definition) is 3. The van der Waals surface area contributed by atoms with E-state index in [2.05, 4.69) is 24.1 Å². The van der Waals surface area contributed by atoms with Gasteiger partial charge in [0.1, 0.15) is 0 Å². The molecule has 1 heterocycles. The van der Waals surface area contributed by atoms with Crippen molar-refractivity contribution in [2.24, 2.45) is 5.92 Å². The molecule has 1 aliphatic rings. The molecule has 0 aliphatic carbocycles. The molecule has 90 valence electrons. The maximum absolute atomic E-state index is 5.21. The predicted octanol–water partition coefficient (Wildman–Crippen LogP) is 1.34. The molecular formula is C12H26N2O. The highest BCUT2D eigenvalue weighted by molar-refractivity contribution is 4.79. The Kier molecular flexibility index (Phi) is 6.22. The van der Waals surface area contributed by atoms with E-state index in [1.807, 2.05) is 0 Å². The first kappa shape index (κ1) is 12.9. The van der Waals surface area contributed by atoms with E-state index in [1.54, 1.807) is 7.11 Å². The van der Waals surface area contributed by atoms with Crippen LogP contribution in [-0.2, 0) is 4.74 Å². The number of ether oxygens (including phenoxy) is 1. The average molecular weight is 214 g/mol. The topological polar surface area (TPSA) is 24.5 Å². The molecule has 0 radical (unpaired) electrons. The normalized spacial score (nSPS) is 24.6. The monoisotopic (exact) mass is 214 g/mol. The van der Waals surface area contributed by atoms with E-state index in [0.717, 1.165) is 19.1 Å². The first-order valence-electron chi connectivity index (χ1n) is 6.24. The summed E-state index contributed by atoms with van der Waals surface area (Å²) in [6.45, 7) is 10.1. The van der Waals surface area contributed by atoms with E-state index in [1.165, 1.54) is 32.5 Å². The highest BCUT2D eigenvalue weighted by Gasteiger charge is 2.23. The van der Waals surface area contributed by atoms with E-state index in [0.29, 0.717) is 6.04 Å². The first-order valence-corrected chi connectivity index (χ1v) is 6.24. The van der Waals surface area contributed by atoms with Crippen LogP contribution in [0.3, 0.4) is 0 Å². The lowest BCUT2D eigenvalue weighted by molar-refractivity contribution is 0.152. The summed E-state index contributed by atoms with van der Waals surface area (Å²) in [6, 6.07) is 0.663. The Morgan fingerprint density at radius 1 is 1.47 bits per heavy atom. The molecule has 0 amide bonds. The molecular weight excluding hydrogens is 188 g/mol. The van der Waals surface area contributed by atoms with Gasteiger partial charge in [-0.25, -0.2) is 0 Å². The zero-order valence-corrected chi connectivity index (χ0v) is 10.5. The van der Waals surface area contributed by atoms with Gasteiger partial charge >= 0.3 is 0 Å². The van der Waals surface area contributed by atoms with E-state index < -0.39 is 0 Å². The van der Waals surface area contributed by atoms with Gasteiger partial charge in [0.25, 0.3) is 0 Å². The molecule has 2 atom stereocenters. The Bertz CT molecular complexity index is 164. The average Bonchev–Trinajstić information content (AvgIpc) is 2.66. The van der Waals surface area contributed by atoms with E-state index in [4.69, 9.17) is 4.74 Å². The van der Waals surface area contributed by atoms with Gasteiger partial charge in [0.05, 0.1) is 6.61 Å². The Balaban J connectivity index is 2.21. The number of nitrogens with zero attached hydrogens (tertiary/aromatic N) is 1. The van der Waals surface area contributed by atoms with Crippen molar-refractivity contribution in [3.63, 3.8) is 0 Å². The summed E-state index contributed by atoms with van der Waals surface area (Å²) >= 11 is 0. The van der Waals surface area contributed by atoms with Gasteiger partial charge in [-0.05, 0) is 31.8 Å². The van der Waals surface area contributed by atoms with Crippen molar-refractivity contribution in [1.82, 2.24) is 10.2 Å². The predicted molar refractivity (Wildman–Crippen MR) is 64.2 cm³/mol. The molecule has 1 aliphatic heterocycles. The van der Waals surface area contributed by atoms with Gasteiger partial charge in [0.15, 0.2) is 0 Å². The van der Waals surface area contributed by atoms with Gasteiger partial charge in [-0.2, -0.15) is 0 Å². The minimum atomic E-state index is 0.663. The van der Waals surface area contributed by atoms with Gasteiger partial charge < -0.3 is 15.0 Å². The van der Waals surface area contributed by atoms with Crippen LogP contribution < -0.4 is 5.32 Å². The Hall–Kier alpha value is -0.120. The van der Waals surface area contributed by atoms with Crippen LogP contribution in [0.15, 0.2) is 0 Å². The van der Waals surface area contributed by atoms with Crippen molar-refractivity contribution in [1.29, 1.82) is 0 Å². The lowest BCUT2D eigenvalue weighted by Crippen LogP contribution is -2.39. The maximum Gasteiger partial charge on any atom is 0.0503 e. The smallest absolute Gasteiger partial charge is 0.0503 e. The number of likely N-dealkylation sites (tertiary alicyclic amines) is 1. The van der Waals surface area contributed by atoms with Crippen molar-refractivity contribution < 1.29 is 4.74 Å². The van der Waals surface area contributed by atoms with Crippen LogP contribution in [0.4, 0.5) is 0 Å². The van der Waals surface area contributed by atoms with E-state index in [-0.39, 0.29) is 0 Å². The van der Waals surface area contributed by atoms with Crippen LogP contribution in [0.1, 0.15) is 26.7 Å². The fourth-order valence-corrected chi connectivity index (χ4v) is 2.39. The number of nitrogens with one attached hydrogen (secondary N) is 1. The summed E-state index contributed by atoms with van der Waals surface area (Å²) < 4.78 is 5.21. The summed E-state index contributed by atoms with van der Waals surface area (Å²) in [6.07, 6.45) is 2.52. The fraction of sp³-hybridized carbons (Fsp3) is 1.00. The second kappa shape index (κ2) is 7.20. The summed E-state index contributed by atoms with van der Waals surface area (Å²) in [5, 5.41) is 3.53. The minimum Gasteiger partial charge on any atom is -0.384 e. The van der Waals surface area contributed by atoms with Crippen LogP contribution in [0.25, 0.3) is 0 Å². The van der Waals surface area contributed by atoms with E-state index in [9.17, 15) is 0 Å². The van der Waals surface area contributed by atoms with Gasteiger partial charge in [0, 0.05) is 26.2 Å². The van der Waals surface area contributed by atoms with Crippen LogP contribution in [0, 0.1) is 5.92 Å². The van der Waals surface area contributed by atoms with Crippen molar-refractivity contribution >= 4 is 0 Å². The third-order valence-corrected chi connectivity index (χ3v) is 3.24. The molecule has 1 rings (SSSR count). The third kappa shape index (κ3) is 4.49. The largest absolute Gasteiger partial charge is 0.384 e. The molecule has 3 nitrogen and oxygen atoms in total.